The molecule has 106 valence electrons. The summed E-state index contributed by atoms with van der Waals surface area (Å²) in [5, 5.41) is 0.999. The van der Waals surface area contributed by atoms with Crippen LogP contribution in [0.15, 0.2) is 54.6 Å². The Bertz CT molecular complexity index is 732. The number of hydrogen-bond acceptors (Lipinski definition) is 3. The number of aryl methyl sites for hydroxylation is 1. The van der Waals surface area contributed by atoms with Crippen molar-refractivity contribution in [3.05, 3.63) is 75.6 Å². The van der Waals surface area contributed by atoms with Gasteiger partial charge in [0.1, 0.15) is 5.01 Å². The van der Waals surface area contributed by atoms with Gasteiger partial charge >= 0.3 is 0 Å². The van der Waals surface area contributed by atoms with Crippen LogP contribution in [-0.2, 0) is 13.0 Å². The fraction of sp³-hybridized carbons (Fsp3) is 0.167. The molecule has 0 bridgehead atoms. The van der Waals surface area contributed by atoms with Crippen LogP contribution in [0, 0.1) is 6.92 Å². The van der Waals surface area contributed by atoms with Crippen molar-refractivity contribution in [1.29, 1.82) is 0 Å². The summed E-state index contributed by atoms with van der Waals surface area (Å²) in [6.45, 7) is 2.63. The van der Waals surface area contributed by atoms with Crippen LogP contribution in [0.3, 0.4) is 0 Å². The van der Waals surface area contributed by atoms with Crippen LogP contribution < -0.4 is 5.73 Å². The third-order valence-electron chi connectivity index (χ3n) is 3.52. The molecular formula is C18H18N2S. The first-order valence-electron chi connectivity index (χ1n) is 7.06. The van der Waals surface area contributed by atoms with Gasteiger partial charge in [0.15, 0.2) is 0 Å². The first kappa shape index (κ1) is 14.0. The number of thiazole rings is 1. The van der Waals surface area contributed by atoms with Crippen molar-refractivity contribution in [2.75, 3.05) is 0 Å². The predicted molar refractivity (Wildman–Crippen MR) is 89.4 cm³/mol. The van der Waals surface area contributed by atoms with E-state index in [-0.39, 0.29) is 0 Å². The van der Waals surface area contributed by atoms with E-state index in [1.54, 1.807) is 11.3 Å². The zero-order valence-electron chi connectivity index (χ0n) is 12.0. The molecule has 3 rings (SSSR count). The number of hydrogen-bond donors (Lipinski definition) is 1. The molecule has 2 N–H and O–H groups in total. The predicted octanol–water partition coefficient (Wildman–Crippen LogP) is 4.17. The molecule has 3 aromatic rings. The number of aromatic nitrogens is 1. The molecule has 0 atom stereocenters. The van der Waals surface area contributed by atoms with Crippen molar-refractivity contribution in [3.63, 3.8) is 0 Å². The average Bonchev–Trinajstić information content (AvgIpc) is 2.92. The second-order valence-corrected chi connectivity index (χ2v) is 6.23. The van der Waals surface area contributed by atoms with E-state index in [0.717, 1.165) is 17.1 Å². The van der Waals surface area contributed by atoms with Gasteiger partial charge < -0.3 is 5.73 Å². The molecule has 0 aliphatic carbocycles. The summed E-state index contributed by atoms with van der Waals surface area (Å²) in [6.07, 6.45) is 0.905. The van der Waals surface area contributed by atoms with Crippen molar-refractivity contribution >= 4 is 11.3 Å². The first-order chi connectivity index (χ1) is 10.3. The Morgan fingerprint density at radius 3 is 2.43 bits per heavy atom. The number of benzene rings is 2. The summed E-state index contributed by atoms with van der Waals surface area (Å²) in [4.78, 5) is 6.04. The zero-order valence-corrected chi connectivity index (χ0v) is 12.9. The second-order valence-electron chi connectivity index (χ2n) is 5.06. The summed E-state index contributed by atoms with van der Waals surface area (Å²) in [5.74, 6) is 0. The fourth-order valence-electron chi connectivity index (χ4n) is 2.44. The minimum atomic E-state index is 0.498. The van der Waals surface area contributed by atoms with Gasteiger partial charge in [-0.05, 0) is 18.1 Å². The molecule has 0 spiro atoms. The maximum absolute atomic E-state index is 5.79. The van der Waals surface area contributed by atoms with Gasteiger partial charge in [-0.3, -0.25) is 0 Å². The highest BCUT2D eigenvalue weighted by molar-refractivity contribution is 7.12. The van der Waals surface area contributed by atoms with Crippen molar-refractivity contribution in [1.82, 2.24) is 4.98 Å². The molecule has 0 aliphatic heterocycles. The monoisotopic (exact) mass is 294 g/mol. The van der Waals surface area contributed by atoms with Crippen molar-refractivity contribution in [2.45, 2.75) is 19.9 Å². The fourth-order valence-corrected chi connectivity index (χ4v) is 3.43. The molecule has 0 aliphatic rings. The molecular weight excluding hydrogens is 276 g/mol. The van der Waals surface area contributed by atoms with Gasteiger partial charge in [0.2, 0.25) is 0 Å². The number of rotatable bonds is 4. The van der Waals surface area contributed by atoms with Gasteiger partial charge in [-0.25, -0.2) is 4.98 Å². The molecule has 0 fully saturated rings. The molecule has 0 unspecified atom stereocenters. The second kappa shape index (κ2) is 6.20. The van der Waals surface area contributed by atoms with Gasteiger partial charge in [-0.15, -0.1) is 11.3 Å². The van der Waals surface area contributed by atoms with Crippen LogP contribution in [0.4, 0.5) is 0 Å². The molecule has 2 aromatic carbocycles. The Balaban J connectivity index is 2.04. The standard InChI is InChI=1S/C18H18N2S/c1-13-7-5-6-10-15(13)18-16(21-17(12-19)20-18)11-14-8-3-2-4-9-14/h2-10H,11-12,19H2,1H3. The lowest BCUT2D eigenvalue weighted by Crippen LogP contribution is -1.95. The van der Waals surface area contributed by atoms with E-state index in [0.29, 0.717) is 6.54 Å². The minimum Gasteiger partial charge on any atom is -0.325 e. The lowest BCUT2D eigenvalue weighted by Gasteiger charge is -2.06. The van der Waals surface area contributed by atoms with Crippen LogP contribution in [0.2, 0.25) is 0 Å². The Hall–Kier alpha value is -1.97. The summed E-state index contributed by atoms with van der Waals surface area (Å²) in [7, 11) is 0. The van der Waals surface area contributed by atoms with E-state index in [4.69, 9.17) is 10.7 Å². The molecule has 2 nitrogen and oxygen atoms in total. The summed E-state index contributed by atoms with van der Waals surface area (Å²) in [5.41, 5.74) is 10.6. The van der Waals surface area contributed by atoms with E-state index >= 15 is 0 Å². The van der Waals surface area contributed by atoms with Crippen molar-refractivity contribution < 1.29 is 0 Å². The third kappa shape index (κ3) is 3.04. The quantitative estimate of drug-likeness (QED) is 0.784. The Morgan fingerprint density at radius 1 is 1.00 bits per heavy atom. The first-order valence-corrected chi connectivity index (χ1v) is 7.88. The normalized spacial score (nSPS) is 10.8. The molecule has 0 saturated heterocycles. The third-order valence-corrected chi connectivity index (χ3v) is 4.60. The SMILES string of the molecule is Cc1ccccc1-c1nc(CN)sc1Cc1ccccc1. The molecule has 0 amide bonds. The molecule has 0 saturated carbocycles. The van der Waals surface area contributed by atoms with Gasteiger partial charge in [0, 0.05) is 23.4 Å². The largest absolute Gasteiger partial charge is 0.325 e. The Morgan fingerprint density at radius 2 is 1.71 bits per heavy atom. The van der Waals surface area contributed by atoms with Crippen LogP contribution in [0.25, 0.3) is 11.3 Å². The van der Waals surface area contributed by atoms with Crippen molar-refractivity contribution in [3.8, 4) is 11.3 Å². The summed E-state index contributed by atoms with van der Waals surface area (Å²) in [6, 6.07) is 18.9. The molecule has 0 radical (unpaired) electrons. The Kier molecular flexibility index (Phi) is 4.13. The van der Waals surface area contributed by atoms with Gasteiger partial charge in [0.05, 0.1) is 5.69 Å². The maximum Gasteiger partial charge on any atom is 0.107 e. The maximum atomic E-state index is 5.79. The minimum absolute atomic E-state index is 0.498. The lowest BCUT2D eigenvalue weighted by molar-refractivity contribution is 1.04. The smallest absolute Gasteiger partial charge is 0.107 e. The van der Waals surface area contributed by atoms with Crippen molar-refractivity contribution in [2.24, 2.45) is 5.73 Å². The highest BCUT2D eigenvalue weighted by atomic mass is 32.1. The van der Waals surface area contributed by atoms with Gasteiger partial charge in [-0.1, -0.05) is 54.6 Å². The zero-order chi connectivity index (χ0) is 14.7. The average molecular weight is 294 g/mol. The highest BCUT2D eigenvalue weighted by Gasteiger charge is 2.14. The molecule has 21 heavy (non-hydrogen) atoms. The number of nitrogens with zero attached hydrogens (tertiary/aromatic N) is 1. The summed E-state index contributed by atoms with van der Waals surface area (Å²) < 4.78 is 0. The summed E-state index contributed by atoms with van der Waals surface area (Å²) >= 11 is 1.72. The van der Waals surface area contributed by atoms with Crippen LogP contribution >= 0.6 is 11.3 Å². The van der Waals surface area contributed by atoms with E-state index in [1.165, 1.54) is 21.6 Å². The highest BCUT2D eigenvalue weighted by Crippen LogP contribution is 2.32. The topological polar surface area (TPSA) is 38.9 Å². The van der Waals surface area contributed by atoms with E-state index in [1.807, 2.05) is 6.07 Å². The molecule has 3 heteroatoms. The Labute approximate surface area is 129 Å². The van der Waals surface area contributed by atoms with E-state index in [2.05, 4.69) is 55.5 Å². The van der Waals surface area contributed by atoms with Crippen LogP contribution in [0.5, 0.6) is 0 Å². The van der Waals surface area contributed by atoms with E-state index < -0.39 is 0 Å². The van der Waals surface area contributed by atoms with Crippen LogP contribution in [0.1, 0.15) is 21.0 Å². The lowest BCUT2D eigenvalue weighted by atomic mass is 10.0. The van der Waals surface area contributed by atoms with Gasteiger partial charge in [-0.2, -0.15) is 0 Å². The van der Waals surface area contributed by atoms with Crippen LogP contribution in [-0.4, -0.2) is 4.98 Å². The number of nitrogens with two attached hydrogens (primary N) is 1. The molecule has 1 heterocycles. The van der Waals surface area contributed by atoms with E-state index in [9.17, 15) is 0 Å². The van der Waals surface area contributed by atoms with Gasteiger partial charge in [0.25, 0.3) is 0 Å². The molecule has 1 aromatic heterocycles.